The predicted molar refractivity (Wildman–Crippen MR) is 84.2 cm³/mol. The zero-order valence-electron chi connectivity index (χ0n) is 12.6. The molecule has 1 aliphatic heterocycles. The van der Waals surface area contributed by atoms with Gasteiger partial charge in [0.25, 0.3) is 0 Å². The van der Waals surface area contributed by atoms with Crippen LogP contribution in [0.2, 0.25) is 0 Å². The Hall–Kier alpha value is -1.59. The summed E-state index contributed by atoms with van der Waals surface area (Å²) in [6.45, 7) is 4.95. The van der Waals surface area contributed by atoms with E-state index in [0.717, 1.165) is 29.5 Å². The lowest BCUT2D eigenvalue weighted by Gasteiger charge is -2.29. The highest BCUT2D eigenvalue weighted by molar-refractivity contribution is 7.11. The number of methoxy groups -OCH3 is 1. The van der Waals surface area contributed by atoms with Crippen molar-refractivity contribution in [3.05, 3.63) is 39.8 Å². The van der Waals surface area contributed by atoms with Gasteiger partial charge in [0.15, 0.2) is 0 Å². The maximum absolute atomic E-state index is 5.76. The van der Waals surface area contributed by atoms with Crippen molar-refractivity contribution < 1.29 is 9.47 Å². The van der Waals surface area contributed by atoms with Gasteiger partial charge in [0.2, 0.25) is 0 Å². The number of thiazole rings is 1. The van der Waals surface area contributed by atoms with Crippen LogP contribution in [0.1, 0.15) is 40.9 Å². The Bertz CT molecular complexity index is 626. The van der Waals surface area contributed by atoms with E-state index in [0.29, 0.717) is 6.04 Å². The number of nitrogens with zero attached hydrogens (tertiary/aromatic N) is 1. The van der Waals surface area contributed by atoms with Crippen molar-refractivity contribution in [2.75, 3.05) is 13.7 Å². The summed E-state index contributed by atoms with van der Waals surface area (Å²) in [5, 5.41) is 4.80. The summed E-state index contributed by atoms with van der Waals surface area (Å²) in [4.78, 5) is 5.61. The molecule has 0 fully saturated rings. The van der Waals surface area contributed by atoms with Crippen LogP contribution in [0.15, 0.2) is 24.4 Å². The Labute approximate surface area is 129 Å². The van der Waals surface area contributed by atoms with E-state index in [2.05, 4.69) is 23.3 Å². The van der Waals surface area contributed by atoms with Gasteiger partial charge in [-0.05, 0) is 19.9 Å². The summed E-state index contributed by atoms with van der Waals surface area (Å²) in [6, 6.07) is 6.63. The van der Waals surface area contributed by atoms with Crippen LogP contribution >= 0.6 is 11.3 Å². The predicted octanol–water partition coefficient (Wildman–Crippen LogP) is 3.63. The van der Waals surface area contributed by atoms with Crippen molar-refractivity contribution in [1.29, 1.82) is 0 Å². The van der Waals surface area contributed by atoms with Crippen molar-refractivity contribution in [1.82, 2.24) is 10.3 Å². The van der Waals surface area contributed by atoms with E-state index < -0.39 is 0 Å². The number of ether oxygens (including phenoxy) is 2. The molecule has 0 unspecified atom stereocenters. The molecule has 112 valence electrons. The fourth-order valence-corrected chi connectivity index (χ4v) is 3.43. The minimum absolute atomic E-state index is 0.286. The Morgan fingerprint density at radius 1 is 1.48 bits per heavy atom. The molecular weight excluding hydrogens is 284 g/mol. The van der Waals surface area contributed by atoms with E-state index in [-0.39, 0.29) is 6.04 Å². The zero-order valence-corrected chi connectivity index (χ0v) is 13.4. The first kappa shape index (κ1) is 14.4. The fraction of sp³-hybridized carbons (Fsp3) is 0.438. The second kappa shape index (κ2) is 6.03. The van der Waals surface area contributed by atoms with Crippen LogP contribution in [0.3, 0.4) is 0 Å². The number of aromatic nitrogens is 1. The van der Waals surface area contributed by atoms with E-state index in [1.807, 2.05) is 25.3 Å². The fourth-order valence-electron chi connectivity index (χ4n) is 2.63. The molecular formula is C16H20N2O2S. The van der Waals surface area contributed by atoms with E-state index >= 15 is 0 Å². The number of benzene rings is 1. The van der Waals surface area contributed by atoms with Crippen LogP contribution in [-0.4, -0.2) is 18.7 Å². The van der Waals surface area contributed by atoms with Crippen LogP contribution in [0, 0.1) is 6.92 Å². The summed E-state index contributed by atoms with van der Waals surface area (Å²) >= 11 is 1.75. The van der Waals surface area contributed by atoms with Gasteiger partial charge in [-0.2, -0.15) is 0 Å². The lowest BCUT2D eigenvalue weighted by Crippen LogP contribution is -2.29. The van der Waals surface area contributed by atoms with Gasteiger partial charge in [-0.3, -0.25) is 0 Å². The van der Waals surface area contributed by atoms with Crippen molar-refractivity contribution in [2.24, 2.45) is 0 Å². The van der Waals surface area contributed by atoms with Gasteiger partial charge in [-0.1, -0.05) is 6.07 Å². The molecule has 0 bridgehead atoms. The highest BCUT2D eigenvalue weighted by Gasteiger charge is 2.24. The summed E-state index contributed by atoms with van der Waals surface area (Å²) in [7, 11) is 1.68. The molecule has 1 N–H and O–H groups in total. The number of hydrogen-bond acceptors (Lipinski definition) is 5. The molecule has 2 heterocycles. The van der Waals surface area contributed by atoms with Crippen LogP contribution in [0.5, 0.6) is 11.5 Å². The Morgan fingerprint density at radius 2 is 2.33 bits per heavy atom. The second-order valence-electron chi connectivity index (χ2n) is 5.26. The third-order valence-electron chi connectivity index (χ3n) is 3.78. The van der Waals surface area contributed by atoms with E-state index in [4.69, 9.17) is 9.47 Å². The first-order valence-corrected chi connectivity index (χ1v) is 7.98. The molecule has 21 heavy (non-hydrogen) atoms. The first-order valence-electron chi connectivity index (χ1n) is 7.16. The third-order valence-corrected chi connectivity index (χ3v) is 4.87. The van der Waals surface area contributed by atoms with Gasteiger partial charge < -0.3 is 14.8 Å². The average molecular weight is 304 g/mol. The minimum Gasteiger partial charge on any atom is -0.497 e. The van der Waals surface area contributed by atoms with Crippen LogP contribution in [-0.2, 0) is 0 Å². The summed E-state index contributed by atoms with van der Waals surface area (Å²) in [5.41, 5.74) is 1.20. The van der Waals surface area contributed by atoms with Crippen molar-refractivity contribution in [3.63, 3.8) is 0 Å². The quantitative estimate of drug-likeness (QED) is 0.936. The van der Waals surface area contributed by atoms with Gasteiger partial charge in [0.1, 0.15) is 11.5 Å². The van der Waals surface area contributed by atoms with Gasteiger partial charge in [0, 0.05) is 41.2 Å². The van der Waals surface area contributed by atoms with Crippen molar-refractivity contribution in [3.8, 4) is 11.5 Å². The SMILES string of the molecule is COc1ccc2c(c1)OCC[C@H]2N[C@H](C)c1cnc(C)s1. The molecule has 1 aliphatic rings. The summed E-state index contributed by atoms with van der Waals surface area (Å²) < 4.78 is 11.0. The normalized spacial score (nSPS) is 18.7. The minimum atomic E-state index is 0.286. The number of aryl methyl sites for hydroxylation is 1. The largest absolute Gasteiger partial charge is 0.497 e. The molecule has 2 atom stereocenters. The lowest BCUT2D eigenvalue weighted by atomic mass is 9.99. The van der Waals surface area contributed by atoms with E-state index in [1.54, 1.807) is 18.4 Å². The lowest BCUT2D eigenvalue weighted by molar-refractivity contribution is 0.245. The molecule has 0 spiro atoms. The molecule has 1 aromatic carbocycles. The molecule has 2 aromatic rings. The van der Waals surface area contributed by atoms with Gasteiger partial charge in [0.05, 0.1) is 18.7 Å². The molecule has 0 saturated heterocycles. The maximum atomic E-state index is 5.76. The van der Waals surface area contributed by atoms with Gasteiger partial charge in [-0.25, -0.2) is 4.98 Å². The van der Waals surface area contributed by atoms with Gasteiger partial charge in [-0.15, -0.1) is 11.3 Å². The third kappa shape index (κ3) is 3.04. The van der Waals surface area contributed by atoms with Gasteiger partial charge >= 0.3 is 0 Å². The Kier molecular flexibility index (Phi) is 4.12. The molecule has 0 aliphatic carbocycles. The average Bonchev–Trinajstić information content (AvgIpc) is 2.93. The van der Waals surface area contributed by atoms with Crippen molar-refractivity contribution >= 4 is 11.3 Å². The summed E-state index contributed by atoms with van der Waals surface area (Å²) in [5.74, 6) is 1.76. The highest BCUT2D eigenvalue weighted by Crippen LogP contribution is 2.36. The molecule has 3 rings (SSSR count). The van der Waals surface area contributed by atoms with Crippen molar-refractivity contribution in [2.45, 2.75) is 32.4 Å². The monoisotopic (exact) mass is 304 g/mol. The molecule has 0 amide bonds. The van der Waals surface area contributed by atoms with E-state index in [1.165, 1.54) is 10.4 Å². The molecule has 0 saturated carbocycles. The number of rotatable bonds is 4. The molecule has 5 heteroatoms. The Balaban J connectivity index is 1.78. The van der Waals surface area contributed by atoms with E-state index in [9.17, 15) is 0 Å². The molecule has 4 nitrogen and oxygen atoms in total. The van der Waals surface area contributed by atoms with Crippen LogP contribution < -0.4 is 14.8 Å². The number of nitrogens with one attached hydrogen (secondary N) is 1. The first-order chi connectivity index (χ1) is 10.2. The van der Waals surface area contributed by atoms with Crippen LogP contribution in [0.4, 0.5) is 0 Å². The second-order valence-corrected chi connectivity index (χ2v) is 6.53. The molecule has 1 aromatic heterocycles. The highest BCUT2D eigenvalue weighted by atomic mass is 32.1. The summed E-state index contributed by atoms with van der Waals surface area (Å²) in [6.07, 6.45) is 2.94. The standard InChI is InChI=1S/C16H20N2O2S/c1-10(16-9-17-11(2)21-16)18-14-6-7-20-15-8-12(19-3)4-5-13(14)15/h4-5,8-10,14,18H,6-7H2,1-3H3/t10-,14-/m1/s1. The number of fused-ring (bicyclic) bond motifs is 1. The Morgan fingerprint density at radius 3 is 3.05 bits per heavy atom. The zero-order chi connectivity index (χ0) is 14.8. The smallest absolute Gasteiger partial charge is 0.127 e. The molecule has 0 radical (unpaired) electrons. The topological polar surface area (TPSA) is 43.4 Å². The van der Waals surface area contributed by atoms with Crippen LogP contribution in [0.25, 0.3) is 0 Å². The number of hydrogen-bond donors (Lipinski definition) is 1. The maximum Gasteiger partial charge on any atom is 0.127 e.